The largest absolute Gasteiger partial charge is 0.469 e. The lowest BCUT2D eigenvalue weighted by atomic mass is 10.1. The van der Waals surface area contributed by atoms with E-state index in [1.165, 1.54) is 37.4 Å². The van der Waals surface area contributed by atoms with Crippen molar-refractivity contribution >= 4 is 33.3 Å². The second-order valence-corrected chi connectivity index (χ2v) is 11.7. The molecule has 4 aromatic carbocycles. The number of anilines is 2. The number of methoxy groups -OCH3 is 1. The van der Waals surface area contributed by atoms with E-state index < -0.39 is 33.6 Å². The summed E-state index contributed by atoms with van der Waals surface area (Å²) in [5.41, 5.74) is 3.11. The number of hydrogen-bond acceptors (Lipinski definition) is 6. The normalized spacial score (nSPS) is 14.2. The van der Waals surface area contributed by atoms with E-state index in [9.17, 15) is 26.8 Å². The van der Waals surface area contributed by atoms with Crippen molar-refractivity contribution in [3.63, 3.8) is 0 Å². The van der Waals surface area contributed by atoms with E-state index >= 15 is 0 Å². The van der Waals surface area contributed by atoms with E-state index in [-0.39, 0.29) is 35.8 Å². The molecule has 5 rings (SSSR count). The molecule has 0 aliphatic carbocycles. The number of sulfonamides is 1. The number of benzene rings is 4. The van der Waals surface area contributed by atoms with Crippen molar-refractivity contribution in [2.45, 2.75) is 30.3 Å². The molecule has 0 bridgehead atoms. The molecule has 8 nitrogen and oxygen atoms in total. The molecule has 0 unspecified atom stereocenters. The van der Waals surface area contributed by atoms with Crippen LogP contribution in [0.25, 0.3) is 11.1 Å². The van der Waals surface area contributed by atoms with Crippen molar-refractivity contribution in [1.82, 2.24) is 5.32 Å². The molecule has 0 aromatic heterocycles. The van der Waals surface area contributed by atoms with Crippen LogP contribution in [-0.4, -0.2) is 40.0 Å². The number of esters is 1. The second-order valence-electron chi connectivity index (χ2n) is 9.93. The highest BCUT2D eigenvalue weighted by Gasteiger charge is 2.42. The molecule has 1 aliphatic rings. The molecule has 1 heterocycles. The van der Waals surface area contributed by atoms with E-state index in [2.05, 4.69) is 15.4 Å². The quantitative estimate of drug-likeness (QED) is 0.246. The summed E-state index contributed by atoms with van der Waals surface area (Å²) in [4.78, 5) is 24.9. The van der Waals surface area contributed by atoms with E-state index in [1.54, 1.807) is 24.3 Å². The van der Waals surface area contributed by atoms with Gasteiger partial charge in [0.25, 0.3) is 10.0 Å². The Hall–Kier alpha value is -4.77. The fourth-order valence-corrected chi connectivity index (χ4v) is 6.70. The van der Waals surface area contributed by atoms with Crippen molar-refractivity contribution in [3.8, 4) is 11.1 Å². The molecule has 0 saturated carbocycles. The van der Waals surface area contributed by atoms with Gasteiger partial charge in [0.05, 0.1) is 24.1 Å². The molecule has 2 N–H and O–H groups in total. The van der Waals surface area contributed by atoms with Crippen molar-refractivity contribution in [2.24, 2.45) is 0 Å². The Kier molecular flexibility index (Phi) is 8.72. The number of carbonyl (C=O) groups excluding carboxylic acids is 2. The Bertz CT molecular complexity index is 1760. The average Bonchev–Trinajstić information content (AvgIpc) is 3.41. The number of hydrogen-bond donors (Lipinski definition) is 2. The van der Waals surface area contributed by atoms with Crippen molar-refractivity contribution in [1.29, 1.82) is 0 Å². The third kappa shape index (κ3) is 6.36. The summed E-state index contributed by atoms with van der Waals surface area (Å²) in [5.74, 6) is -2.30. The van der Waals surface area contributed by atoms with E-state index in [1.807, 2.05) is 24.3 Å². The van der Waals surface area contributed by atoms with Gasteiger partial charge >= 0.3 is 5.97 Å². The minimum Gasteiger partial charge on any atom is -0.469 e. The van der Waals surface area contributed by atoms with Crippen LogP contribution in [0.5, 0.6) is 0 Å². The fraction of sp³-hybridized carbons (Fsp3) is 0.188. The summed E-state index contributed by atoms with van der Waals surface area (Å²) >= 11 is 0. The van der Waals surface area contributed by atoms with Crippen LogP contribution in [0.1, 0.15) is 17.5 Å². The first kappa shape index (κ1) is 29.7. The van der Waals surface area contributed by atoms with Crippen LogP contribution in [0, 0.1) is 11.6 Å². The molecule has 0 fully saturated rings. The third-order valence-electron chi connectivity index (χ3n) is 7.22. The topological polar surface area (TPSA) is 105 Å². The molecule has 4 aromatic rings. The number of para-hydroxylation sites is 2. The predicted octanol–water partition coefficient (Wildman–Crippen LogP) is 5.04. The van der Waals surface area contributed by atoms with Crippen molar-refractivity contribution < 1.29 is 31.5 Å². The highest BCUT2D eigenvalue weighted by molar-refractivity contribution is 7.93. The molecule has 0 saturated heterocycles. The van der Waals surface area contributed by atoms with Crippen LogP contribution >= 0.6 is 0 Å². The van der Waals surface area contributed by atoms with Crippen LogP contribution in [0.4, 0.5) is 20.2 Å². The van der Waals surface area contributed by atoms with Gasteiger partial charge in [-0.25, -0.2) is 17.2 Å². The standard InChI is InChI=1S/C32H29F2N3O5S/c1-42-31(38)16-17-35-28-8-4-2-7-23(28)20-36-32(39)30-18-22-6-3-5-9-29(22)37(30)43(40,41)25-13-10-21(11-14-25)26-15-12-24(33)19-27(26)34/h2-15,19,30,35H,16-18,20H2,1H3,(H,36,39)/t30-/m0/s1. The van der Waals surface area contributed by atoms with Gasteiger partial charge in [-0.2, -0.15) is 0 Å². The van der Waals surface area contributed by atoms with Gasteiger partial charge in [0.2, 0.25) is 5.91 Å². The van der Waals surface area contributed by atoms with Crippen LogP contribution in [0.15, 0.2) is 95.9 Å². The minimum atomic E-state index is -4.21. The summed E-state index contributed by atoms with van der Waals surface area (Å²) in [7, 11) is -2.89. The van der Waals surface area contributed by atoms with Crippen LogP contribution in [-0.2, 0) is 37.3 Å². The Morgan fingerprint density at radius 2 is 1.67 bits per heavy atom. The van der Waals surface area contributed by atoms with Gasteiger partial charge in [-0.15, -0.1) is 0 Å². The zero-order chi connectivity index (χ0) is 30.6. The molecule has 11 heteroatoms. The monoisotopic (exact) mass is 605 g/mol. The van der Waals surface area contributed by atoms with Gasteiger partial charge in [0, 0.05) is 36.8 Å². The van der Waals surface area contributed by atoms with Crippen LogP contribution in [0.3, 0.4) is 0 Å². The molecule has 0 radical (unpaired) electrons. The number of nitrogens with zero attached hydrogens (tertiary/aromatic N) is 1. The first-order valence-electron chi connectivity index (χ1n) is 13.5. The summed E-state index contributed by atoms with van der Waals surface area (Å²) < 4.78 is 61.4. The first-order valence-corrected chi connectivity index (χ1v) is 15.0. The second kappa shape index (κ2) is 12.6. The summed E-state index contributed by atoms with van der Waals surface area (Å²) in [5, 5.41) is 6.03. The maximum Gasteiger partial charge on any atom is 0.307 e. The van der Waals surface area contributed by atoms with Gasteiger partial charge in [-0.05, 0) is 53.1 Å². The number of ether oxygens (including phenoxy) is 1. The van der Waals surface area contributed by atoms with Crippen molar-refractivity contribution in [3.05, 3.63) is 114 Å². The molecular formula is C32H29F2N3O5S. The SMILES string of the molecule is COC(=O)CCNc1ccccc1CNC(=O)[C@@H]1Cc2ccccc2N1S(=O)(=O)c1ccc(-c2ccc(F)cc2F)cc1. The number of fused-ring (bicyclic) bond motifs is 1. The lowest BCUT2D eigenvalue weighted by molar-refractivity contribution is -0.140. The van der Waals surface area contributed by atoms with Crippen molar-refractivity contribution in [2.75, 3.05) is 23.3 Å². The Balaban J connectivity index is 1.37. The number of amides is 1. The van der Waals surface area contributed by atoms with Crippen LogP contribution in [0.2, 0.25) is 0 Å². The molecule has 1 amide bonds. The fourth-order valence-electron chi connectivity index (χ4n) is 5.05. The number of rotatable bonds is 10. The molecule has 222 valence electrons. The van der Waals surface area contributed by atoms with E-state index in [0.717, 1.165) is 27.7 Å². The predicted molar refractivity (Wildman–Crippen MR) is 159 cm³/mol. The first-order chi connectivity index (χ1) is 20.7. The van der Waals surface area contributed by atoms with Gasteiger partial charge < -0.3 is 15.4 Å². The minimum absolute atomic E-state index is 0.0755. The number of nitrogens with one attached hydrogen (secondary N) is 2. The molecule has 1 atom stereocenters. The maximum atomic E-state index is 14.3. The smallest absolute Gasteiger partial charge is 0.307 e. The Morgan fingerprint density at radius 1 is 0.953 bits per heavy atom. The average molecular weight is 606 g/mol. The number of carbonyl (C=O) groups is 2. The Morgan fingerprint density at radius 3 is 2.42 bits per heavy atom. The lowest BCUT2D eigenvalue weighted by Crippen LogP contribution is -2.47. The highest BCUT2D eigenvalue weighted by Crippen LogP contribution is 2.37. The summed E-state index contributed by atoms with van der Waals surface area (Å²) in [6.07, 6.45) is 0.350. The van der Waals surface area contributed by atoms with E-state index in [4.69, 9.17) is 0 Å². The molecule has 0 spiro atoms. The zero-order valence-corrected chi connectivity index (χ0v) is 24.0. The Labute approximate surface area is 248 Å². The molecule has 1 aliphatic heterocycles. The van der Waals surface area contributed by atoms with Gasteiger partial charge in [0.15, 0.2) is 0 Å². The summed E-state index contributed by atoms with van der Waals surface area (Å²) in [6.45, 7) is 0.465. The van der Waals surface area contributed by atoms with Gasteiger partial charge in [-0.1, -0.05) is 48.5 Å². The highest BCUT2D eigenvalue weighted by atomic mass is 32.2. The summed E-state index contributed by atoms with van der Waals surface area (Å²) in [6, 6.07) is 21.9. The molecule has 43 heavy (non-hydrogen) atoms. The maximum absolute atomic E-state index is 14.3. The van der Waals surface area contributed by atoms with Crippen LogP contribution < -0.4 is 14.9 Å². The zero-order valence-electron chi connectivity index (χ0n) is 23.2. The lowest BCUT2D eigenvalue weighted by Gasteiger charge is -2.26. The third-order valence-corrected chi connectivity index (χ3v) is 9.06. The number of halogens is 2. The molecular weight excluding hydrogens is 576 g/mol. The van der Waals surface area contributed by atoms with Gasteiger partial charge in [0.1, 0.15) is 17.7 Å². The van der Waals surface area contributed by atoms with Gasteiger partial charge in [-0.3, -0.25) is 13.9 Å². The van der Waals surface area contributed by atoms with E-state index in [0.29, 0.717) is 23.4 Å².